The fourth-order valence-corrected chi connectivity index (χ4v) is 2.39. The van der Waals surface area contributed by atoms with Crippen molar-refractivity contribution in [2.75, 3.05) is 5.32 Å². The molecule has 1 amide bonds. The number of carbonyl (C=O) groups excluding carboxylic acids is 1. The largest absolute Gasteiger partial charge is 0.333 e. The molecule has 3 aromatic heterocycles. The molecule has 0 aromatic carbocycles. The van der Waals surface area contributed by atoms with Gasteiger partial charge in [0.1, 0.15) is 10.6 Å². The molecule has 0 aliphatic heterocycles. The Bertz CT molecular complexity index is 830. The van der Waals surface area contributed by atoms with Crippen LogP contribution in [0.3, 0.4) is 0 Å². The second-order valence-corrected chi connectivity index (χ2v) is 4.99. The Morgan fingerprint density at radius 2 is 2.24 bits per heavy atom. The van der Waals surface area contributed by atoms with Gasteiger partial charge in [-0.1, -0.05) is 5.16 Å². The van der Waals surface area contributed by atoms with Crippen LogP contribution < -0.4 is 10.9 Å². The number of aryl methyl sites for hydroxylation is 1. The van der Waals surface area contributed by atoms with E-state index in [1.807, 2.05) is 0 Å². The third-order valence-electron chi connectivity index (χ3n) is 2.55. The highest BCUT2D eigenvalue weighted by atomic mass is 32.1. The Kier molecular flexibility index (Phi) is 3.32. The van der Waals surface area contributed by atoms with Crippen molar-refractivity contribution in [1.82, 2.24) is 20.3 Å². The number of hydrogen-bond acceptors (Lipinski definition) is 7. The van der Waals surface area contributed by atoms with Crippen molar-refractivity contribution in [2.45, 2.75) is 6.92 Å². The summed E-state index contributed by atoms with van der Waals surface area (Å²) in [6, 6.07) is 4.30. The number of anilines is 1. The van der Waals surface area contributed by atoms with Gasteiger partial charge < -0.3 is 9.84 Å². The zero-order valence-corrected chi connectivity index (χ0v) is 11.6. The monoisotopic (exact) mass is 303 g/mol. The number of thiophene rings is 1. The van der Waals surface area contributed by atoms with E-state index in [-0.39, 0.29) is 11.3 Å². The molecule has 0 bridgehead atoms. The molecule has 0 aliphatic rings. The Morgan fingerprint density at radius 3 is 2.90 bits per heavy atom. The number of nitrogens with one attached hydrogen (secondary N) is 2. The summed E-state index contributed by atoms with van der Waals surface area (Å²) < 4.78 is 5.09. The third-order valence-corrected chi connectivity index (χ3v) is 3.45. The summed E-state index contributed by atoms with van der Waals surface area (Å²) >= 11 is 1.37. The minimum Gasteiger partial charge on any atom is -0.333 e. The minimum atomic E-state index is -0.442. The maximum absolute atomic E-state index is 12.1. The SMILES string of the molecule is Cc1noc(-c2sccc2NC(=O)c2ccc(=O)[nH]n2)n1. The smallest absolute Gasteiger partial charge is 0.276 e. The number of carbonyl (C=O) groups is 1. The van der Waals surface area contributed by atoms with E-state index in [2.05, 4.69) is 25.7 Å². The number of hydrogen-bond donors (Lipinski definition) is 2. The van der Waals surface area contributed by atoms with E-state index < -0.39 is 5.91 Å². The normalized spacial score (nSPS) is 10.5. The highest BCUT2D eigenvalue weighted by Gasteiger charge is 2.16. The molecular weight excluding hydrogens is 294 g/mol. The van der Waals surface area contributed by atoms with Gasteiger partial charge in [0.2, 0.25) is 0 Å². The zero-order chi connectivity index (χ0) is 14.8. The molecule has 0 saturated heterocycles. The number of rotatable bonds is 3. The molecule has 0 unspecified atom stereocenters. The van der Waals surface area contributed by atoms with Crippen LogP contribution >= 0.6 is 11.3 Å². The molecule has 0 atom stereocenters. The summed E-state index contributed by atoms with van der Waals surface area (Å²) in [5, 5.41) is 14.1. The van der Waals surface area contributed by atoms with Crippen molar-refractivity contribution in [3.63, 3.8) is 0 Å². The molecule has 21 heavy (non-hydrogen) atoms. The van der Waals surface area contributed by atoms with Gasteiger partial charge in [-0.15, -0.1) is 11.3 Å². The Morgan fingerprint density at radius 1 is 1.38 bits per heavy atom. The summed E-state index contributed by atoms with van der Waals surface area (Å²) in [7, 11) is 0. The average molecular weight is 303 g/mol. The summed E-state index contributed by atoms with van der Waals surface area (Å²) in [6.07, 6.45) is 0. The van der Waals surface area contributed by atoms with Crippen molar-refractivity contribution in [3.8, 4) is 10.8 Å². The second-order valence-electron chi connectivity index (χ2n) is 4.07. The lowest BCUT2D eigenvalue weighted by Crippen LogP contribution is -2.17. The van der Waals surface area contributed by atoms with Gasteiger partial charge in [0.25, 0.3) is 17.4 Å². The first-order valence-corrected chi connectivity index (χ1v) is 6.77. The lowest BCUT2D eigenvalue weighted by molar-refractivity contribution is 0.102. The maximum atomic E-state index is 12.1. The molecule has 0 aliphatic carbocycles. The summed E-state index contributed by atoms with van der Waals surface area (Å²) in [5.41, 5.74) is 0.277. The lowest BCUT2D eigenvalue weighted by Gasteiger charge is -2.03. The number of amides is 1. The topological polar surface area (TPSA) is 114 Å². The van der Waals surface area contributed by atoms with Crippen molar-refractivity contribution < 1.29 is 9.32 Å². The van der Waals surface area contributed by atoms with Crippen LogP contribution in [0.4, 0.5) is 5.69 Å². The zero-order valence-electron chi connectivity index (χ0n) is 10.8. The van der Waals surface area contributed by atoms with E-state index in [1.54, 1.807) is 18.4 Å². The Balaban J connectivity index is 1.86. The number of aromatic nitrogens is 4. The van der Waals surface area contributed by atoms with Crippen molar-refractivity contribution >= 4 is 22.9 Å². The van der Waals surface area contributed by atoms with Gasteiger partial charge in [-0.2, -0.15) is 10.1 Å². The van der Waals surface area contributed by atoms with Crippen LogP contribution in [0.5, 0.6) is 0 Å². The first-order chi connectivity index (χ1) is 10.1. The predicted molar refractivity (Wildman–Crippen MR) is 75.2 cm³/mol. The van der Waals surface area contributed by atoms with Crippen LogP contribution in [0.15, 0.2) is 32.9 Å². The van der Waals surface area contributed by atoms with Gasteiger partial charge in [-0.25, -0.2) is 5.10 Å². The van der Waals surface area contributed by atoms with E-state index in [0.29, 0.717) is 22.3 Å². The van der Waals surface area contributed by atoms with Gasteiger partial charge in [-0.05, 0) is 24.4 Å². The van der Waals surface area contributed by atoms with Gasteiger partial charge >= 0.3 is 0 Å². The van der Waals surface area contributed by atoms with E-state index in [0.717, 1.165) is 0 Å². The number of H-pyrrole nitrogens is 1. The third kappa shape index (κ3) is 2.72. The molecular formula is C12H9N5O3S. The van der Waals surface area contributed by atoms with Gasteiger partial charge in [0.05, 0.1) is 5.69 Å². The average Bonchev–Trinajstić information content (AvgIpc) is 3.08. The highest BCUT2D eigenvalue weighted by Crippen LogP contribution is 2.32. The van der Waals surface area contributed by atoms with E-state index in [1.165, 1.54) is 23.5 Å². The van der Waals surface area contributed by atoms with Gasteiger partial charge in [0.15, 0.2) is 5.82 Å². The van der Waals surface area contributed by atoms with E-state index >= 15 is 0 Å². The van der Waals surface area contributed by atoms with Crippen LogP contribution in [0.25, 0.3) is 10.8 Å². The molecule has 0 saturated carbocycles. The van der Waals surface area contributed by atoms with Crippen molar-refractivity contribution in [1.29, 1.82) is 0 Å². The van der Waals surface area contributed by atoms with Crippen molar-refractivity contribution in [2.24, 2.45) is 0 Å². The molecule has 8 nitrogen and oxygen atoms in total. The Hall–Kier alpha value is -2.81. The quantitative estimate of drug-likeness (QED) is 0.756. The van der Waals surface area contributed by atoms with Crippen LogP contribution in [-0.2, 0) is 0 Å². The maximum Gasteiger partial charge on any atom is 0.276 e. The molecule has 0 radical (unpaired) electrons. The number of nitrogens with zero attached hydrogens (tertiary/aromatic N) is 3. The Labute approximate surface area is 121 Å². The fourth-order valence-electron chi connectivity index (χ4n) is 1.62. The minimum absolute atomic E-state index is 0.105. The molecule has 0 spiro atoms. The standard InChI is InChI=1S/C12H9N5O3S/c1-6-13-12(20-17-6)10-7(4-5-21-10)14-11(19)8-2-3-9(18)16-15-8/h2-5H,1H3,(H,14,19)(H,16,18). The summed E-state index contributed by atoms with van der Waals surface area (Å²) in [4.78, 5) is 27.8. The van der Waals surface area contributed by atoms with E-state index in [9.17, 15) is 9.59 Å². The van der Waals surface area contributed by atoms with Crippen molar-refractivity contribution in [3.05, 3.63) is 45.5 Å². The first kappa shape index (κ1) is 13.2. The van der Waals surface area contributed by atoms with Gasteiger partial charge in [0, 0.05) is 6.07 Å². The van der Waals surface area contributed by atoms with Crippen LogP contribution in [0.1, 0.15) is 16.3 Å². The first-order valence-electron chi connectivity index (χ1n) is 5.89. The molecule has 0 fully saturated rings. The molecule has 2 N–H and O–H groups in total. The molecule has 3 rings (SSSR count). The van der Waals surface area contributed by atoms with Gasteiger partial charge in [-0.3, -0.25) is 9.59 Å². The highest BCUT2D eigenvalue weighted by molar-refractivity contribution is 7.14. The lowest BCUT2D eigenvalue weighted by atomic mass is 10.3. The van der Waals surface area contributed by atoms with Crippen LogP contribution in [0, 0.1) is 6.92 Å². The van der Waals surface area contributed by atoms with Crippen LogP contribution in [-0.4, -0.2) is 26.2 Å². The molecule has 9 heteroatoms. The molecule has 106 valence electrons. The fraction of sp³-hybridized carbons (Fsp3) is 0.0833. The predicted octanol–water partition coefficient (Wildman–Crippen LogP) is 1.44. The summed E-state index contributed by atoms with van der Waals surface area (Å²) in [5.74, 6) is 0.410. The summed E-state index contributed by atoms with van der Waals surface area (Å²) in [6.45, 7) is 1.71. The van der Waals surface area contributed by atoms with E-state index in [4.69, 9.17) is 4.52 Å². The molecule has 3 heterocycles. The molecule has 3 aromatic rings. The van der Waals surface area contributed by atoms with Crippen LogP contribution in [0.2, 0.25) is 0 Å². The number of aromatic amines is 1. The second kappa shape index (κ2) is 5.29.